The molecule has 4 rings (SSSR count). The number of carbonyl (C=O) groups is 1. The van der Waals surface area contributed by atoms with Gasteiger partial charge in [0.05, 0.1) is 0 Å². The van der Waals surface area contributed by atoms with Gasteiger partial charge in [0.2, 0.25) is 11.8 Å². The van der Waals surface area contributed by atoms with Crippen LogP contribution in [-0.4, -0.2) is 16.1 Å². The first-order valence-electron chi connectivity index (χ1n) is 8.71. The first-order valence-corrected chi connectivity index (χ1v) is 9.09. The van der Waals surface area contributed by atoms with Crippen molar-refractivity contribution in [3.05, 3.63) is 95.0 Å². The van der Waals surface area contributed by atoms with Crippen LogP contribution in [0.2, 0.25) is 5.02 Å². The minimum Gasteiger partial charge on any atom is -0.416 e. The van der Waals surface area contributed by atoms with Crippen LogP contribution in [0.1, 0.15) is 15.9 Å². The van der Waals surface area contributed by atoms with Crippen LogP contribution in [0.25, 0.3) is 22.9 Å². The Morgan fingerprint density at radius 3 is 2.21 bits per heavy atom. The summed E-state index contributed by atoms with van der Waals surface area (Å²) in [6.45, 7) is 0.408. The summed E-state index contributed by atoms with van der Waals surface area (Å²) in [5.74, 6) is 0.700. The standard InChI is InChI=1S/C22H16ClN3O2/c23-19-8-4-5-15(13-19)14-24-20(27)16-9-11-18(12-10-16)22-26-25-21(28-22)17-6-2-1-3-7-17/h1-13H,14H2,(H,24,27). The van der Waals surface area contributed by atoms with Gasteiger partial charge in [-0.15, -0.1) is 10.2 Å². The predicted octanol–water partition coefficient (Wildman–Crippen LogP) is 4.99. The number of hydrogen-bond donors (Lipinski definition) is 1. The molecule has 0 saturated carbocycles. The van der Waals surface area contributed by atoms with Crippen molar-refractivity contribution in [2.75, 3.05) is 0 Å². The van der Waals surface area contributed by atoms with E-state index in [1.54, 1.807) is 30.3 Å². The van der Waals surface area contributed by atoms with Crippen molar-refractivity contribution in [2.45, 2.75) is 6.54 Å². The summed E-state index contributed by atoms with van der Waals surface area (Å²) in [4.78, 5) is 12.3. The molecule has 1 amide bonds. The molecule has 138 valence electrons. The van der Waals surface area contributed by atoms with E-state index >= 15 is 0 Å². The maximum absolute atomic E-state index is 12.3. The van der Waals surface area contributed by atoms with Crippen molar-refractivity contribution in [1.29, 1.82) is 0 Å². The molecule has 0 aliphatic carbocycles. The lowest BCUT2D eigenvalue weighted by molar-refractivity contribution is 0.0951. The average Bonchev–Trinajstić information content (AvgIpc) is 3.23. The highest BCUT2D eigenvalue weighted by molar-refractivity contribution is 6.30. The molecule has 28 heavy (non-hydrogen) atoms. The quantitative estimate of drug-likeness (QED) is 0.522. The van der Waals surface area contributed by atoms with E-state index in [0.717, 1.165) is 16.7 Å². The van der Waals surface area contributed by atoms with Crippen LogP contribution >= 0.6 is 11.6 Å². The molecule has 1 N–H and O–H groups in total. The van der Waals surface area contributed by atoms with E-state index in [9.17, 15) is 4.79 Å². The highest BCUT2D eigenvalue weighted by Crippen LogP contribution is 2.24. The normalized spacial score (nSPS) is 10.6. The molecule has 0 aliphatic rings. The molecule has 0 unspecified atom stereocenters. The topological polar surface area (TPSA) is 68.0 Å². The predicted molar refractivity (Wildman–Crippen MR) is 108 cm³/mol. The summed E-state index contributed by atoms with van der Waals surface area (Å²) < 4.78 is 5.74. The van der Waals surface area contributed by atoms with Gasteiger partial charge in [-0.1, -0.05) is 41.9 Å². The fourth-order valence-electron chi connectivity index (χ4n) is 2.73. The van der Waals surface area contributed by atoms with Gasteiger partial charge in [0.1, 0.15) is 0 Å². The highest BCUT2D eigenvalue weighted by atomic mass is 35.5. The first-order chi connectivity index (χ1) is 13.7. The Morgan fingerprint density at radius 1 is 0.857 bits per heavy atom. The van der Waals surface area contributed by atoms with Crippen molar-refractivity contribution < 1.29 is 9.21 Å². The molecule has 0 atom stereocenters. The second kappa shape index (κ2) is 8.06. The molecule has 0 spiro atoms. The zero-order valence-corrected chi connectivity index (χ0v) is 15.6. The molecule has 0 bridgehead atoms. The van der Waals surface area contributed by atoms with E-state index < -0.39 is 0 Å². The third-order valence-electron chi connectivity index (χ3n) is 4.18. The molecular formula is C22H16ClN3O2. The van der Waals surface area contributed by atoms with Crippen LogP contribution in [0.5, 0.6) is 0 Å². The molecule has 5 nitrogen and oxygen atoms in total. The SMILES string of the molecule is O=C(NCc1cccc(Cl)c1)c1ccc(-c2nnc(-c3ccccc3)o2)cc1. The second-order valence-electron chi connectivity index (χ2n) is 6.17. The van der Waals surface area contributed by atoms with Crippen molar-refractivity contribution in [1.82, 2.24) is 15.5 Å². The smallest absolute Gasteiger partial charge is 0.251 e. The Labute approximate surface area is 167 Å². The Morgan fingerprint density at radius 2 is 1.54 bits per heavy atom. The van der Waals surface area contributed by atoms with Gasteiger partial charge >= 0.3 is 0 Å². The van der Waals surface area contributed by atoms with Gasteiger partial charge in [0.25, 0.3) is 5.91 Å². The van der Waals surface area contributed by atoms with E-state index in [4.69, 9.17) is 16.0 Å². The number of amides is 1. The van der Waals surface area contributed by atoms with Crippen LogP contribution in [-0.2, 0) is 6.54 Å². The molecule has 1 aromatic heterocycles. The fourth-order valence-corrected chi connectivity index (χ4v) is 2.95. The minimum absolute atomic E-state index is 0.165. The number of hydrogen-bond acceptors (Lipinski definition) is 4. The summed E-state index contributed by atoms with van der Waals surface area (Å²) in [7, 11) is 0. The fraction of sp³-hybridized carbons (Fsp3) is 0.0455. The van der Waals surface area contributed by atoms with E-state index in [0.29, 0.717) is 28.9 Å². The molecule has 6 heteroatoms. The Balaban J connectivity index is 1.44. The highest BCUT2D eigenvalue weighted by Gasteiger charge is 2.11. The minimum atomic E-state index is -0.165. The van der Waals surface area contributed by atoms with Gasteiger partial charge in [-0.25, -0.2) is 0 Å². The van der Waals surface area contributed by atoms with Crippen LogP contribution in [0.4, 0.5) is 0 Å². The number of benzene rings is 3. The summed E-state index contributed by atoms with van der Waals surface area (Å²) in [5, 5.41) is 11.7. The number of rotatable bonds is 5. The van der Waals surface area contributed by atoms with Gasteiger partial charge in [0.15, 0.2) is 0 Å². The van der Waals surface area contributed by atoms with Crippen LogP contribution in [0.3, 0.4) is 0 Å². The number of nitrogens with one attached hydrogen (secondary N) is 1. The summed E-state index contributed by atoms with van der Waals surface area (Å²) in [5.41, 5.74) is 3.10. The van der Waals surface area contributed by atoms with E-state index in [1.807, 2.05) is 48.5 Å². The van der Waals surface area contributed by atoms with Crippen LogP contribution in [0, 0.1) is 0 Å². The van der Waals surface area contributed by atoms with E-state index in [2.05, 4.69) is 15.5 Å². The number of carbonyl (C=O) groups excluding carboxylic acids is 1. The Kier molecular flexibility index (Phi) is 5.17. The summed E-state index contributed by atoms with van der Waals surface area (Å²) in [6, 6.07) is 24.0. The lowest BCUT2D eigenvalue weighted by Gasteiger charge is -2.06. The van der Waals surface area contributed by atoms with Crippen LogP contribution in [0.15, 0.2) is 83.3 Å². The molecule has 0 aliphatic heterocycles. The summed E-state index contributed by atoms with van der Waals surface area (Å²) in [6.07, 6.45) is 0. The maximum Gasteiger partial charge on any atom is 0.251 e. The number of aromatic nitrogens is 2. The molecule has 0 fully saturated rings. The van der Waals surface area contributed by atoms with Gasteiger partial charge in [-0.05, 0) is 54.1 Å². The lowest BCUT2D eigenvalue weighted by Crippen LogP contribution is -2.22. The van der Waals surface area contributed by atoms with E-state index in [-0.39, 0.29) is 5.91 Å². The largest absolute Gasteiger partial charge is 0.416 e. The Bertz CT molecular complexity index is 1090. The van der Waals surface area contributed by atoms with Crippen molar-refractivity contribution in [3.8, 4) is 22.9 Å². The molecule has 3 aromatic carbocycles. The van der Waals surface area contributed by atoms with Crippen LogP contribution < -0.4 is 5.32 Å². The maximum atomic E-state index is 12.3. The zero-order chi connectivity index (χ0) is 19.3. The number of nitrogens with zero attached hydrogens (tertiary/aromatic N) is 2. The van der Waals surface area contributed by atoms with Crippen molar-refractivity contribution in [3.63, 3.8) is 0 Å². The number of halogens is 1. The average molecular weight is 390 g/mol. The monoisotopic (exact) mass is 389 g/mol. The van der Waals surface area contributed by atoms with Gasteiger partial charge in [0, 0.05) is 28.3 Å². The van der Waals surface area contributed by atoms with Crippen molar-refractivity contribution in [2.24, 2.45) is 0 Å². The molecule has 0 saturated heterocycles. The third kappa shape index (κ3) is 4.10. The van der Waals surface area contributed by atoms with E-state index in [1.165, 1.54) is 0 Å². The second-order valence-corrected chi connectivity index (χ2v) is 6.60. The van der Waals surface area contributed by atoms with Gasteiger partial charge < -0.3 is 9.73 Å². The molecular weight excluding hydrogens is 374 g/mol. The Hall–Kier alpha value is -3.44. The molecule has 4 aromatic rings. The van der Waals surface area contributed by atoms with Gasteiger partial charge in [-0.3, -0.25) is 4.79 Å². The third-order valence-corrected chi connectivity index (χ3v) is 4.42. The summed E-state index contributed by atoms with van der Waals surface area (Å²) >= 11 is 5.96. The van der Waals surface area contributed by atoms with Crippen molar-refractivity contribution >= 4 is 17.5 Å². The zero-order valence-electron chi connectivity index (χ0n) is 14.8. The first kappa shape index (κ1) is 17.9. The van der Waals surface area contributed by atoms with Gasteiger partial charge in [-0.2, -0.15) is 0 Å². The molecule has 1 heterocycles. The molecule has 0 radical (unpaired) electrons. The lowest BCUT2D eigenvalue weighted by atomic mass is 10.1.